The van der Waals surface area contributed by atoms with Crippen LogP contribution in [0.3, 0.4) is 0 Å². The molecule has 2 aromatic rings. The second-order valence-corrected chi connectivity index (χ2v) is 3.78. The zero-order valence-electron chi connectivity index (χ0n) is 8.86. The van der Waals surface area contributed by atoms with E-state index in [0.29, 0.717) is 0 Å². The Morgan fingerprint density at radius 1 is 1.20 bits per heavy atom. The van der Waals surface area contributed by atoms with E-state index in [1.165, 1.54) is 11.1 Å². The summed E-state index contributed by atoms with van der Waals surface area (Å²) in [5, 5.41) is 16.6. The third kappa shape index (κ3) is 1.92. The molecular weight excluding hydrogens is 188 g/mol. The number of H-pyrrole nitrogens is 1. The lowest BCUT2D eigenvalue weighted by molar-refractivity contribution is 0.220. The highest BCUT2D eigenvalue weighted by atomic mass is 16.3. The first-order valence-corrected chi connectivity index (χ1v) is 4.92. The predicted molar refractivity (Wildman–Crippen MR) is 58.6 cm³/mol. The maximum absolute atomic E-state index is 10.0. The van der Waals surface area contributed by atoms with Crippen molar-refractivity contribution >= 4 is 0 Å². The van der Waals surface area contributed by atoms with Crippen LogP contribution in [0.2, 0.25) is 0 Å². The monoisotopic (exact) mass is 202 g/mol. The van der Waals surface area contributed by atoms with Gasteiger partial charge in [0.2, 0.25) is 0 Å². The molecule has 0 saturated carbocycles. The Hall–Kier alpha value is -1.61. The van der Waals surface area contributed by atoms with Gasteiger partial charge in [0.25, 0.3) is 0 Å². The number of benzene rings is 1. The van der Waals surface area contributed by atoms with E-state index in [4.69, 9.17) is 0 Å². The lowest BCUT2D eigenvalue weighted by atomic mass is 10.00. The van der Waals surface area contributed by atoms with Gasteiger partial charge in [-0.15, -0.1) is 0 Å². The standard InChI is InChI=1S/C12H14N2O/c1-8-3-4-10(5-9(8)2)12(15)11-6-13-14-7-11/h3-7,12,15H,1-2H3,(H,13,14). The van der Waals surface area contributed by atoms with Gasteiger partial charge in [0.15, 0.2) is 0 Å². The van der Waals surface area contributed by atoms with Crippen LogP contribution in [0.25, 0.3) is 0 Å². The van der Waals surface area contributed by atoms with Crippen molar-refractivity contribution in [3.63, 3.8) is 0 Å². The van der Waals surface area contributed by atoms with Gasteiger partial charge in [-0.3, -0.25) is 5.10 Å². The van der Waals surface area contributed by atoms with Crippen LogP contribution in [0.15, 0.2) is 30.6 Å². The lowest BCUT2D eigenvalue weighted by Crippen LogP contribution is -1.99. The summed E-state index contributed by atoms with van der Waals surface area (Å²) in [6.07, 6.45) is 2.75. The molecule has 2 N–H and O–H groups in total. The van der Waals surface area contributed by atoms with E-state index in [1.807, 2.05) is 25.1 Å². The molecule has 3 heteroatoms. The Labute approximate surface area is 88.8 Å². The molecule has 15 heavy (non-hydrogen) atoms. The van der Waals surface area contributed by atoms with Crippen LogP contribution in [0, 0.1) is 13.8 Å². The Morgan fingerprint density at radius 3 is 2.60 bits per heavy atom. The van der Waals surface area contributed by atoms with Gasteiger partial charge in [-0.25, -0.2) is 0 Å². The average molecular weight is 202 g/mol. The first-order chi connectivity index (χ1) is 7.18. The summed E-state index contributed by atoms with van der Waals surface area (Å²) < 4.78 is 0. The molecule has 0 aliphatic heterocycles. The molecular formula is C12H14N2O. The fraction of sp³-hybridized carbons (Fsp3) is 0.250. The van der Waals surface area contributed by atoms with Crippen molar-refractivity contribution in [1.29, 1.82) is 0 Å². The highest BCUT2D eigenvalue weighted by Gasteiger charge is 2.11. The van der Waals surface area contributed by atoms with E-state index in [1.54, 1.807) is 12.4 Å². The van der Waals surface area contributed by atoms with Gasteiger partial charge in [0.05, 0.1) is 6.20 Å². The Kier molecular flexibility index (Phi) is 2.56. The van der Waals surface area contributed by atoms with E-state index < -0.39 is 6.10 Å². The maximum Gasteiger partial charge on any atom is 0.107 e. The van der Waals surface area contributed by atoms with Crippen molar-refractivity contribution in [2.24, 2.45) is 0 Å². The SMILES string of the molecule is Cc1ccc(C(O)c2cn[nH]c2)cc1C. The molecule has 1 aromatic heterocycles. The molecule has 0 aliphatic rings. The number of aliphatic hydroxyl groups excluding tert-OH is 1. The summed E-state index contributed by atoms with van der Waals surface area (Å²) in [7, 11) is 0. The van der Waals surface area contributed by atoms with E-state index in [0.717, 1.165) is 11.1 Å². The topological polar surface area (TPSA) is 48.9 Å². The van der Waals surface area contributed by atoms with Gasteiger partial charge in [-0.05, 0) is 30.5 Å². The second kappa shape index (κ2) is 3.87. The minimum atomic E-state index is -0.594. The van der Waals surface area contributed by atoms with Gasteiger partial charge in [0, 0.05) is 11.8 Å². The molecule has 78 valence electrons. The summed E-state index contributed by atoms with van der Waals surface area (Å²) in [4.78, 5) is 0. The van der Waals surface area contributed by atoms with Crippen molar-refractivity contribution in [2.45, 2.75) is 20.0 Å². The fourth-order valence-electron chi connectivity index (χ4n) is 1.54. The average Bonchev–Trinajstić information content (AvgIpc) is 2.74. The molecule has 3 nitrogen and oxygen atoms in total. The number of nitrogens with zero attached hydrogens (tertiary/aromatic N) is 1. The first-order valence-electron chi connectivity index (χ1n) is 4.92. The molecule has 0 fully saturated rings. The summed E-state index contributed by atoms with van der Waals surface area (Å²) in [6.45, 7) is 4.10. The van der Waals surface area contributed by atoms with Crippen molar-refractivity contribution < 1.29 is 5.11 Å². The third-order valence-corrected chi connectivity index (χ3v) is 2.68. The van der Waals surface area contributed by atoms with Crippen LogP contribution in [0.5, 0.6) is 0 Å². The van der Waals surface area contributed by atoms with Crippen LogP contribution in [0.1, 0.15) is 28.4 Å². The van der Waals surface area contributed by atoms with Crippen LogP contribution < -0.4 is 0 Å². The van der Waals surface area contributed by atoms with Gasteiger partial charge >= 0.3 is 0 Å². The van der Waals surface area contributed by atoms with Crippen LogP contribution in [-0.2, 0) is 0 Å². The molecule has 1 atom stereocenters. The van der Waals surface area contributed by atoms with Crippen molar-refractivity contribution in [2.75, 3.05) is 0 Å². The van der Waals surface area contributed by atoms with Gasteiger partial charge in [-0.2, -0.15) is 5.10 Å². The number of aliphatic hydroxyl groups is 1. The number of hydrogen-bond acceptors (Lipinski definition) is 2. The highest BCUT2D eigenvalue weighted by molar-refractivity contribution is 5.34. The van der Waals surface area contributed by atoms with Crippen molar-refractivity contribution in [3.05, 3.63) is 52.8 Å². The van der Waals surface area contributed by atoms with Crippen LogP contribution in [-0.4, -0.2) is 15.3 Å². The zero-order chi connectivity index (χ0) is 10.8. The number of aromatic nitrogens is 2. The Bertz CT molecular complexity index is 449. The Morgan fingerprint density at radius 2 is 2.00 bits per heavy atom. The van der Waals surface area contributed by atoms with E-state index >= 15 is 0 Å². The minimum Gasteiger partial charge on any atom is -0.384 e. The Balaban J connectivity index is 2.34. The van der Waals surface area contributed by atoms with Crippen molar-refractivity contribution in [1.82, 2.24) is 10.2 Å². The molecule has 0 spiro atoms. The van der Waals surface area contributed by atoms with Crippen LogP contribution >= 0.6 is 0 Å². The van der Waals surface area contributed by atoms with E-state index in [-0.39, 0.29) is 0 Å². The number of nitrogens with one attached hydrogen (secondary N) is 1. The summed E-state index contributed by atoms with van der Waals surface area (Å²) in [5.74, 6) is 0. The molecule has 1 unspecified atom stereocenters. The number of rotatable bonds is 2. The number of aromatic amines is 1. The van der Waals surface area contributed by atoms with E-state index in [9.17, 15) is 5.11 Å². The maximum atomic E-state index is 10.0. The molecule has 1 heterocycles. The van der Waals surface area contributed by atoms with Gasteiger partial charge in [-0.1, -0.05) is 18.2 Å². The molecule has 0 amide bonds. The zero-order valence-corrected chi connectivity index (χ0v) is 8.86. The summed E-state index contributed by atoms with van der Waals surface area (Å²) >= 11 is 0. The molecule has 0 bridgehead atoms. The fourth-order valence-corrected chi connectivity index (χ4v) is 1.54. The second-order valence-electron chi connectivity index (χ2n) is 3.78. The van der Waals surface area contributed by atoms with Gasteiger partial charge in [0.1, 0.15) is 6.10 Å². The smallest absolute Gasteiger partial charge is 0.107 e. The normalized spacial score (nSPS) is 12.7. The minimum absolute atomic E-state index is 0.594. The summed E-state index contributed by atoms with van der Waals surface area (Å²) in [5.41, 5.74) is 4.12. The summed E-state index contributed by atoms with van der Waals surface area (Å²) in [6, 6.07) is 5.97. The molecule has 0 aliphatic carbocycles. The largest absolute Gasteiger partial charge is 0.384 e. The van der Waals surface area contributed by atoms with Crippen molar-refractivity contribution in [3.8, 4) is 0 Å². The number of hydrogen-bond donors (Lipinski definition) is 2. The molecule has 2 rings (SSSR count). The molecule has 0 saturated heterocycles. The van der Waals surface area contributed by atoms with Crippen LogP contribution in [0.4, 0.5) is 0 Å². The van der Waals surface area contributed by atoms with E-state index in [2.05, 4.69) is 17.1 Å². The quantitative estimate of drug-likeness (QED) is 0.783. The lowest BCUT2D eigenvalue weighted by Gasteiger charge is -2.10. The first kappa shape index (κ1) is 9.93. The highest BCUT2D eigenvalue weighted by Crippen LogP contribution is 2.22. The van der Waals surface area contributed by atoms with Gasteiger partial charge < -0.3 is 5.11 Å². The molecule has 0 radical (unpaired) electrons. The number of aryl methyl sites for hydroxylation is 2. The molecule has 1 aromatic carbocycles. The third-order valence-electron chi connectivity index (χ3n) is 2.68. The predicted octanol–water partition coefficient (Wildman–Crippen LogP) is 2.11.